The molecule has 1 heterocycles. The van der Waals surface area contributed by atoms with Crippen molar-refractivity contribution in [3.05, 3.63) is 47.5 Å². The number of carbonyl (C=O) groups is 1. The number of ether oxygens (including phenoxy) is 4. The van der Waals surface area contributed by atoms with E-state index in [1.165, 1.54) is 5.56 Å². The summed E-state index contributed by atoms with van der Waals surface area (Å²) in [5.74, 6) is 2.84. The molecule has 0 spiro atoms. The summed E-state index contributed by atoms with van der Waals surface area (Å²) in [5, 5.41) is 0. The fourth-order valence-corrected chi connectivity index (χ4v) is 4.13. The number of nitrogens with zero attached hydrogens (tertiary/aromatic N) is 2. The van der Waals surface area contributed by atoms with Gasteiger partial charge >= 0.3 is 0 Å². The molecule has 7 heteroatoms. The number of amides is 1. The van der Waals surface area contributed by atoms with Crippen LogP contribution in [0.3, 0.4) is 0 Å². The van der Waals surface area contributed by atoms with Crippen LogP contribution in [0.4, 0.5) is 0 Å². The van der Waals surface area contributed by atoms with Crippen molar-refractivity contribution in [3.63, 3.8) is 0 Å². The van der Waals surface area contributed by atoms with Crippen molar-refractivity contribution in [1.82, 2.24) is 9.80 Å². The predicted octanol–water partition coefficient (Wildman–Crippen LogP) is 3.39. The maximum atomic E-state index is 12.9. The Morgan fingerprint density at radius 2 is 1.56 bits per heavy atom. The lowest BCUT2D eigenvalue weighted by Crippen LogP contribution is -2.35. The third-order valence-corrected chi connectivity index (χ3v) is 5.90. The molecule has 3 rings (SSSR count). The van der Waals surface area contributed by atoms with E-state index in [4.69, 9.17) is 18.9 Å². The Morgan fingerprint density at radius 1 is 0.812 bits per heavy atom. The van der Waals surface area contributed by atoms with Crippen molar-refractivity contribution in [2.45, 2.75) is 25.8 Å². The van der Waals surface area contributed by atoms with E-state index in [2.05, 4.69) is 17.0 Å². The van der Waals surface area contributed by atoms with Crippen LogP contribution < -0.4 is 18.9 Å². The molecule has 0 atom stereocenters. The zero-order chi connectivity index (χ0) is 22.9. The average molecular weight is 443 g/mol. The van der Waals surface area contributed by atoms with Crippen LogP contribution in [-0.2, 0) is 17.8 Å². The Labute approximate surface area is 190 Å². The predicted molar refractivity (Wildman–Crippen MR) is 124 cm³/mol. The molecule has 0 bridgehead atoms. The Hall–Kier alpha value is -2.93. The summed E-state index contributed by atoms with van der Waals surface area (Å²) in [7, 11) is 6.47. The van der Waals surface area contributed by atoms with Gasteiger partial charge in [-0.1, -0.05) is 18.2 Å². The van der Waals surface area contributed by atoms with Crippen LogP contribution in [0, 0.1) is 0 Å². The van der Waals surface area contributed by atoms with Gasteiger partial charge in [-0.3, -0.25) is 9.69 Å². The van der Waals surface area contributed by atoms with Gasteiger partial charge < -0.3 is 23.8 Å². The molecule has 2 aromatic rings. The molecule has 7 nitrogen and oxygen atoms in total. The van der Waals surface area contributed by atoms with Crippen LogP contribution in [0.5, 0.6) is 23.0 Å². The first kappa shape index (κ1) is 23.7. The van der Waals surface area contributed by atoms with Crippen molar-refractivity contribution in [3.8, 4) is 23.0 Å². The van der Waals surface area contributed by atoms with Gasteiger partial charge in [-0.25, -0.2) is 0 Å². The second-order valence-electron chi connectivity index (χ2n) is 7.85. The van der Waals surface area contributed by atoms with Gasteiger partial charge in [0.1, 0.15) is 5.75 Å². The summed E-state index contributed by atoms with van der Waals surface area (Å²) in [6, 6.07) is 12.0. The maximum absolute atomic E-state index is 12.9. The van der Waals surface area contributed by atoms with E-state index in [1.54, 1.807) is 28.4 Å². The van der Waals surface area contributed by atoms with E-state index in [1.807, 2.05) is 29.2 Å². The van der Waals surface area contributed by atoms with Crippen molar-refractivity contribution >= 4 is 5.91 Å². The standard InChI is InChI=1S/C25H34N2O5/c1-29-21-10-6-19(7-11-21)18-26-14-5-15-27(17-16-26)23(28)13-9-20-8-12-22(30-2)25(32-4)24(20)31-3/h6-8,10-12H,5,9,13-18H2,1-4H3. The van der Waals surface area contributed by atoms with Crippen molar-refractivity contribution in [2.24, 2.45) is 0 Å². The van der Waals surface area contributed by atoms with Gasteiger partial charge in [-0.15, -0.1) is 0 Å². The van der Waals surface area contributed by atoms with Gasteiger partial charge in [0, 0.05) is 39.1 Å². The van der Waals surface area contributed by atoms with Crippen LogP contribution >= 0.6 is 0 Å². The van der Waals surface area contributed by atoms with Crippen molar-refractivity contribution in [2.75, 3.05) is 54.6 Å². The Balaban J connectivity index is 1.55. The molecule has 1 saturated heterocycles. The fourth-order valence-electron chi connectivity index (χ4n) is 4.13. The molecule has 0 saturated carbocycles. The second-order valence-corrected chi connectivity index (χ2v) is 7.85. The molecule has 0 aromatic heterocycles. The molecular weight excluding hydrogens is 408 g/mol. The molecule has 174 valence electrons. The van der Waals surface area contributed by atoms with Crippen molar-refractivity contribution < 1.29 is 23.7 Å². The van der Waals surface area contributed by atoms with Gasteiger partial charge in [0.05, 0.1) is 28.4 Å². The Bertz CT molecular complexity index is 885. The van der Waals surface area contributed by atoms with Gasteiger partial charge in [-0.2, -0.15) is 0 Å². The molecule has 0 N–H and O–H groups in total. The minimum atomic E-state index is 0.174. The summed E-state index contributed by atoms with van der Waals surface area (Å²) < 4.78 is 21.6. The Kier molecular flexibility index (Phi) is 8.62. The number of methoxy groups -OCH3 is 4. The Morgan fingerprint density at radius 3 is 2.22 bits per heavy atom. The van der Waals surface area contributed by atoms with Crippen molar-refractivity contribution in [1.29, 1.82) is 0 Å². The highest BCUT2D eigenvalue weighted by molar-refractivity contribution is 5.76. The van der Waals surface area contributed by atoms with E-state index in [9.17, 15) is 4.79 Å². The topological polar surface area (TPSA) is 60.5 Å². The lowest BCUT2D eigenvalue weighted by Gasteiger charge is -2.22. The summed E-state index contributed by atoms with van der Waals surface area (Å²) in [6.45, 7) is 4.28. The van der Waals surface area contributed by atoms with E-state index in [-0.39, 0.29) is 5.91 Å². The number of carbonyl (C=O) groups excluding carboxylic acids is 1. The first-order chi connectivity index (χ1) is 15.6. The van der Waals surface area contributed by atoms with Gasteiger partial charge in [0.25, 0.3) is 0 Å². The highest BCUT2D eigenvalue weighted by atomic mass is 16.5. The summed E-state index contributed by atoms with van der Waals surface area (Å²) >= 11 is 0. The number of rotatable bonds is 9. The monoisotopic (exact) mass is 442 g/mol. The minimum absolute atomic E-state index is 0.174. The molecule has 2 aromatic carbocycles. The number of hydrogen-bond donors (Lipinski definition) is 0. The molecular formula is C25H34N2O5. The largest absolute Gasteiger partial charge is 0.497 e. The van der Waals surface area contributed by atoms with Crippen LogP contribution in [0.1, 0.15) is 24.0 Å². The number of hydrogen-bond acceptors (Lipinski definition) is 6. The molecule has 32 heavy (non-hydrogen) atoms. The molecule has 1 fully saturated rings. The van der Waals surface area contributed by atoms with E-state index in [0.29, 0.717) is 30.1 Å². The smallest absolute Gasteiger partial charge is 0.222 e. The maximum Gasteiger partial charge on any atom is 0.222 e. The van der Waals surface area contributed by atoms with Crippen LogP contribution in [0.25, 0.3) is 0 Å². The second kappa shape index (κ2) is 11.6. The van der Waals surface area contributed by atoms with Crippen LogP contribution in [0.2, 0.25) is 0 Å². The molecule has 0 aliphatic carbocycles. The molecule has 0 radical (unpaired) electrons. The minimum Gasteiger partial charge on any atom is -0.497 e. The number of benzene rings is 2. The van der Waals surface area contributed by atoms with Crippen LogP contribution in [-0.4, -0.2) is 70.3 Å². The highest BCUT2D eigenvalue weighted by Gasteiger charge is 2.21. The van der Waals surface area contributed by atoms with E-state index >= 15 is 0 Å². The first-order valence-electron chi connectivity index (χ1n) is 11.0. The summed E-state index contributed by atoms with van der Waals surface area (Å²) in [6.07, 6.45) is 2.00. The lowest BCUT2D eigenvalue weighted by atomic mass is 10.1. The zero-order valence-corrected chi connectivity index (χ0v) is 19.6. The van der Waals surface area contributed by atoms with Gasteiger partial charge in [-0.05, 0) is 42.2 Å². The first-order valence-corrected chi connectivity index (χ1v) is 11.0. The number of aryl methyl sites for hydroxylation is 1. The fraction of sp³-hybridized carbons (Fsp3) is 0.480. The third-order valence-electron chi connectivity index (χ3n) is 5.90. The summed E-state index contributed by atoms with van der Waals surface area (Å²) in [5.41, 5.74) is 2.19. The van der Waals surface area contributed by atoms with Gasteiger partial charge in [0.15, 0.2) is 11.5 Å². The van der Waals surface area contributed by atoms with Crippen LogP contribution in [0.15, 0.2) is 36.4 Å². The third kappa shape index (κ3) is 5.85. The summed E-state index contributed by atoms with van der Waals surface area (Å²) in [4.78, 5) is 17.3. The molecule has 1 aliphatic rings. The normalized spacial score (nSPS) is 14.6. The van der Waals surface area contributed by atoms with E-state index < -0.39 is 0 Å². The molecule has 0 unspecified atom stereocenters. The lowest BCUT2D eigenvalue weighted by molar-refractivity contribution is -0.131. The van der Waals surface area contributed by atoms with Gasteiger partial charge in [0.2, 0.25) is 11.7 Å². The highest BCUT2D eigenvalue weighted by Crippen LogP contribution is 2.40. The van der Waals surface area contributed by atoms with E-state index in [0.717, 1.165) is 50.5 Å². The zero-order valence-electron chi connectivity index (χ0n) is 19.6. The SMILES string of the molecule is COc1ccc(CN2CCCN(C(=O)CCc3ccc(OC)c(OC)c3OC)CC2)cc1. The quantitative estimate of drug-likeness (QED) is 0.593. The molecule has 1 amide bonds. The average Bonchev–Trinajstić information content (AvgIpc) is 3.07. The molecule has 1 aliphatic heterocycles.